The molecule has 1 heterocycles. The molecular formula is C21H33N3O2. The van der Waals surface area contributed by atoms with Crippen LogP contribution in [0.5, 0.6) is 5.75 Å². The van der Waals surface area contributed by atoms with Crippen LogP contribution in [0.2, 0.25) is 0 Å². The van der Waals surface area contributed by atoms with Crippen molar-refractivity contribution in [3.05, 3.63) is 30.5 Å². The van der Waals surface area contributed by atoms with E-state index in [1.807, 2.05) is 24.3 Å². The van der Waals surface area contributed by atoms with Crippen molar-refractivity contribution in [2.24, 2.45) is 11.8 Å². The minimum Gasteiger partial charge on any atom is -0.497 e. The lowest BCUT2D eigenvalue weighted by Crippen LogP contribution is -2.40. The van der Waals surface area contributed by atoms with E-state index in [0.29, 0.717) is 24.9 Å². The summed E-state index contributed by atoms with van der Waals surface area (Å²) in [5.41, 5.74) is 1.78. The average Bonchev–Trinajstić information content (AvgIpc) is 2.58. The highest BCUT2D eigenvalue weighted by Gasteiger charge is 2.15. The number of nitrogens with zero attached hydrogens (tertiary/aromatic N) is 2. The molecular weight excluding hydrogens is 326 g/mol. The normalized spacial score (nSPS) is 13.0. The average molecular weight is 360 g/mol. The van der Waals surface area contributed by atoms with Gasteiger partial charge in [0.05, 0.1) is 24.4 Å². The molecule has 0 spiro atoms. The lowest BCUT2D eigenvalue weighted by atomic mass is 10.1. The Kier molecular flexibility index (Phi) is 7.66. The molecule has 1 aromatic carbocycles. The molecule has 1 aromatic heterocycles. The van der Waals surface area contributed by atoms with Gasteiger partial charge < -0.3 is 20.1 Å². The maximum absolute atomic E-state index is 10.5. The molecule has 2 aromatic rings. The van der Waals surface area contributed by atoms with Crippen LogP contribution in [-0.4, -0.2) is 54.4 Å². The molecule has 5 nitrogen and oxygen atoms in total. The summed E-state index contributed by atoms with van der Waals surface area (Å²) >= 11 is 0. The number of benzene rings is 1. The van der Waals surface area contributed by atoms with E-state index in [0.717, 1.165) is 35.4 Å². The maximum atomic E-state index is 10.5. The van der Waals surface area contributed by atoms with Crippen LogP contribution >= 0.6 is 0 Å². The number of hydrogen-bond acceptors (Lipinski definition) is 5. The summed E-state index contributed by atoms with van der Waals surface area (Å²) in [6.45, 7) is 12.0. The van der Waals surface area contributed by atoms with Crippen LogP contribution in [0.4, 0.5) is 5.69 Å². The largest absolute Gasteiger partial charge is 0.497 e. The number of aromatic nitrogens is 1. The third-order valence-corrected chi connectivity index (χ3v) is 4.16. The van der Waals surface area contributed by atoms with E-state index in [1.165, 1.54) is 0 Å². The highest BCUT2D eigenvalue weighted by molar-refractivity contribution is 5.91. The Morgan fingerprint density at radius 1 is 1.12 bits per heavy atom. The zero-order valence-corrected chi connectivity index (χ0v) is 16.7. The zero-order chi connectivity index (χ0) is 19.1. The number of pyridine rings is 1. The molecule has 0 fully saturated rings. The van der Waals surface area contributed by atoms with E-state index in [-0.39, 0.29) is 0 Å². The molecule has 144 valence electrons. The molecule has 0 radical (unpaired) electrons. The fourth-order valence-electron chi connectivity index (χ4n) is 3.26. The number of anilines is 1. The van der Waals surface area contributed by atoms with Crippen molar-refractivity contribution >= 4 is 16.6 Å². The molecule has 0 aliphatic carbocycles. The van der Waals surface area contributed by atoms with Gasteiger partial charge in [0.1, 0.15) is 5.75 Å². The molecule has 0 saturated carbocycles. The predicted octanol–water partition coefficient (Wildman–Crippen LogP) is 3.63. The van der Waals surface area contributed by atoms with Crippen molar-refractivity contribution in [1.29, 1.82) is 0 Å². The summed E-state index contributed by atoms with van der Waals surface area (Å²) in [6.07, 6.45) is 1.33. The fraction of sp³-hybridized carbons (Fsp3) is 0.571. The molecule has 0 saturated heterocycles. The van der Waals surface area contributed by atoms with E-state index in [9.17, 15) is 5.11 Å². The first kappa shape index (κ1) is 20.5. The lowest BCUT2D eigenvalue weighted by Gasteiger charge is -2.28. The fourth-order valence-corrected chi connectivity index (χ4v) is 3.26. The number of rotatable bonds is 10. The molecule has 26 heavy (non-hydrogen) atoms. The third-order valence-electron chi connectivity index (χ3n) is 4.16. The number of nitrogens with one attached hydrogen (secondary N) is 1. The summed E-state index contributed by atoms with van der Waals surface area (Å²) in [6, 6.07) is 7.83. The van der Waals surface area contributed by atoms with Crippen LogP contribution < -0.4 is 10.1 Å². The Morgan fingerprint density at radius 3 is 2.42 bits per heavy atom. The van der Waals surface area contributed by atoms with Gasteiger partial charge in [0.2, 0.25) is 0 Å². The third kappa shape index (κ3) is 6.15. The van der Waals surface area contributed by atoms with E-state index < -0.39 is 6.10 Å². The quantitative estimate of drug-likeness (QED) is 0.678. The van der Waals surface area contributed by atoms with E-state index >= 15 is 0 Å². The first-order valence-electron chi connectivity index (χ1n) is 9.46. The van der Waals surface area contributed by atoms with Crippen molar-refractivity contribution < 1.29 is 9.84 Å². The molecule has 0 unspecified atom stereocenters. The van der Waals surface area contributed by atoms with Crippen molar-refractivity contribution in [3.8, 4) is 5.75 Å². The van der Waals surface area contributed by atoms with Gasteiger partial charge in [-0.15, -0.1) is 0 Å². The molecule has 2 rings (SSSR count). The summed E-state index contributed by atoms with van der Waals surface area (Å²) in [4.78, 5) is 6.81. The van der Waals surface area contributed by atoms with Gasteiger partial charge in [0.25, 0.3) is 0 Å². The Bertz CT molecular complexity index is 678. The summed E-state index contributed by atoms with van der Waals surface area (Å²) < 4.78 is 5.38. The predicted molar refractivity (Wildman–Crippen MR) is 109 cm³/mol. The lowest BCUT2D eigenvalue weighted by molar-refractivity contribution is 0.107. The number of fused-ring (bicyclic) bond motifs is 1. The second-order valence-electron chi connectivity index (χ2n) is 7.79. The van der Waals surface area contributed by atoms with Gasteiger partial charge in [-0.3, -0.25) is 4.98 Å². The van der Waals surface area contributed by atoms with Crippen LogP contribution in [0.3, 0.4) is 0 Å². The summed E-state index contributed by atoms with van der Waals surface area (Å²) in [7, 11) is 1.66. The van der Waals surface area contributed by atoms with Gasteiger partial charge in [-0.2, -0.15) is 0 Å². The molecule has 0 aliphatic rings. The summed E-state index contributed by atoms with van der Waals surface area (Å²) in [5.74, 6) is 1.95. The van der Waals surface area contributed by atoms with Crippen LogP contribution in [-0.2, 0) is 0 Å². The number of methoxy groups -OCH3 is 1. The van der Waals surface area contributed by atoms with Gasteiger partial charge in [0.15, 0.2) is 0 Å². The van der Waals surface area contributed by atoms with E-state index in [4.69, 9.17) is 4.74 Å². The van der Waals surface area contributed by atoms with Crippen LogP contribution in [0.15, 0.2) is 30.5 Å². The number of aliphatic hydroxyl groups excluding tert-OH is 1. The molecule has 0 aliphatic heterocycles. The molecule has 1 atom stereocenters. The standard InChI is InChI=1S/C21H33N3O2/c1-15(2)12-24(13-16(3)4)14-18(25)11-23-20-10-19(26-5)9-17-7-6-8-22-21(17)20/h6-10,15-16,18,23,25H,11-14H2,1-5H3/t18-/m0/s1. The molecule has 2 N–H and O–H groups in total. The number of aliphatic hydroxyl groups is 1. The molecule has 5 heteroatoms. The van der Waals surface area contributed by atoms with Gasteiger partial charge in [-0.25, -0.2) is 0 Å². The van der Waals surface area contributed by atoms with Crippen molar-refractivity contribution in [1.82, 2.24) is 9.88 Å². The second-order valence-corrected chi connectivity index (χ2v) is 7.79. The Labute approximate surface area is 157 Å². The van der Waals surface area contributed by atoms with Gasteiger partial charge in [-0.1, -0.05) is 33.8 Å². The SMILES string of the molecule is COc1cc(NC[C@H](O)CN(CC(C)C)CC(C)C)c2ncccc2c1. The maximum Gasteiger partial charge on any atom is 0.121 e. The minimum absolute atomic E-state index is 0.447. The van der Waals surface area contributed by atoms with E-state index in [1.54, 1.807) is 13.3 Å². The van der Waals surface area contributed by atoms with Crippen LogP contribution in [0.25, 0.3) is 10.9 Å². The van der Waals surface area contributed by atoms with Gasteiger partial charge >= 0.3 is 0 Å². The van der Waals surface area contributed by atoms with E-state index in [2.05, 4.69) is 42.9 Å². The Morgan fingerprint density at radius 2 is 1.81 bits per heavy atom. The highest BCUT2D eigenvalue weighted by Crippen LogP contribution is 2.27. The van der Waals surface area contributed by atoms with Crippen molar-refractivity contribution in [2.45, 2.75) is 33.8 Å². The zero-order valence-electron chi connectivity index (χ0n) is 16.7. The molecule has 0 amide bonds. The smallest absolute Gasteiger partial charge is 0.121 e. The number of hydrogen-bond donors (Lipinski definition) is 2. The monoisotopic (exact) mass is 359 g/mol. The Balaban J connectivity index is 2.04. The first-order chi connectivity index (χ1) is 12.4. The Hall–Kier alpha value is -1.85. The second kappa shape index (κ2) is 9.74. The highest BCUT2D eigenvalue weighted by atomic mass is 16.5. The topological polar surface area (TPSA) is 57.6 Å². The summed E-state index contributed by atoms with van der Waals surface area (Å²) in [5, 5.41) is 14.9. The van der Waals surface area contributed by atoms with Crippen molar-refractivity contribution in [2.75, 3.05) is 38.6 Å². The minimum atomic E-state index is -0.447. The van der Waals surface area contributed by atoms with Crippen LogP contribution in [0.1, 0.15) is 27.7 Å². The van der Waals surface area contributed by atoms with Gasteiger partial charge in [0, 0.05) is 43.8 Å². The first-order valence-corrected chi connectivity index (χ1v) is 9.46. The molecule has 0 bridgehead atoms. The van der Waals surface area contributed by atoms with Crippen LogP contribution in [0, 0.1) is 11.8 Å². The number of ether oxygens (including phenoxy) is 1. The van der Waals surface area contributed by atoms with Crippen molar-refractivity contribution in [3.63, 3.8) is 0 Å². The van der Waals surface area contributed by atoms with Gasteiger partial charge in [-0.05, 0) is 24.0 Å².